The quantitative estimate of drug-likeness (QED) is 0.726. The van der Waals surface area contributed by atoms with Crippen molar-refractivity contribution >= 4 is 23.7 Å². The van der Waals surface area contributed by atoms with Crippen LogP contribution in [0.4, 0.5) is 0 Å². The lowest BCUT2D eigenvalue weighted by molar-refractivity contribution is -0.139. The van der Waals surface area contributed by atoms with Crippen molar-refractivity contribution in [2.24, 2.45) is 0 Å². The first kappa shape index (κ1) is 14.1. The zero-order chi connectivity index (χ0) is 15.9. The van der Waals surface area contributed by atoms with Crippen LogP contribution in [0.5, 0.6) is 5.75 Å². The monoisotopic (exact) mass is 304 g/mol. The van der Waals surface area contributed by atoms with E-state index in [0.717, 1.165) is 0 Å². The van der Waals surface area contributed by atoms with Gasteiger partial charge in [-0.15, -0.1) is 0 Å². The van der Waals surface area contributed by atoms with Gasteiger partial charge in [-0.1, -0.05) is 0 Å². The summed E-state index contributed by atoms with van der Waals surface area (Å²) < 4.78 is 5.06. The Hall–Kier alpha value is -2.90. The van der Waals surface area contributed by atoms with Crippen LogP contribution >= 0.6 is 0 Å². The molecule has 1 atom stereocenters. The minimum atomic E-state index is -1.10. The van der Waals surface area contributed by atoms with Crippen LogP contribution in [-0.4, -0.2) is 46.3 Å². The molecule has 3 rings (SSSR count). The van der Waals surface area contributed by atoms with Gasteiger partial charge in [-0.25, -0.2) is 4.79 Å². The van der Waals surface area contributed by atoms with E-state index in [-0.39, 0.29) is 18.9 Å². The lowest BCUT2D eigenvalue weighted by atomic mass is 10.1. The Morgan fingerprint density at radius 2 is 2.14 bits per heavy atom. The molecule has 2 aliphatic heterocycles. The molecule has 0 bridgehead atoms. The first-order chi connectivity index (χ1) is 10.5. The molecule has 3 amide bonds. The summed E-state index contributed by atoms with van der Waals surface area (Å²) in [5, 5.41) is 10.8. The number of hydrogen-bond donors (Lipinski definition) is 2. The first-order valence-corrected chi connectivity index (χ1v) is 6.58. The maximum Gasteiger partial charge on any atom is 0.341 e. The Morgan fingerprint density at radius 3 is 2.77 bits per heavy atom. The highest BCUT2D eigenvalue weighted by Crippen LogP contribution is 2.29. The van der Waals surface area contributed by atoms with Gasteiger partial charge in [-0.2, -0.15) is 0 Å². The summed E-state index contributed by atoms with van der Waals surface area (Å²) in [4.78, 5) is 47.1. The van der Waals surface area contributed by atoms with Crippen LogP contribution in [0.2, 0.25) is 0 Å². The molecule has 0 saturated carbocycles. The molecular formula is C14H12N2O6. The van der Waals surface area contributed by atoms with Crippen LogP contribution in [0, 0.1) is 0 Å². The molecule has 1 aromatic rings. The summed E-state index contributed by atoms with van der Waals surface area (Å²) in [6, 6.07) is 3.81. The maximum atomic E-state index is 12.3. The fraction of sp³-hybridized carbons (Fsp3) is 0.286. The number of aliphatic carboxylic acids is 1. The molecule has 0 aromatic heterocycles. The Labute approximate surface area is 124 Å². The van der Waals surface area contributed by atoms with Gasteiger partial charge in [0.25, 0.3) is 5.91 Å². The fourth-order valence-corrected chi connectivity index (χ4v) is 2.60. The second-order valence-corrected chi connectivity index (χ2v) is 5.07. The largest absolute Gasteiger partial charge is 0.482 e. The van der Waals surface area contributed by atoms with Crippen molar-refractivity contribution in [1.29, 1.82) is 0 Å². The van der Waals surface area contributed by atoms with E-state index in [1.54, 1.807) is 6.07 Å². The van der Waals surface area contributed by atoms with Crippen molar-refractivity contribution in [2.75, 3.05) is 6.61 Å². The Balaban J connectivity index is 1.80. The fourth-order valence-electron chi connectivity index (χ4n) is 2.60. The zero-order valence-electron chi connectivity index (χ0n) is 11.4. The molecule has 8 heteroatoms. The summed E-state index contributed by atoms with van der Waals surface area (Å²) in [5.74, 6) is -1.96. The van der Waals surface area contributed by atoms with E-state index < -0.39 is 30.4 Å². The highest BCUT2D eigenvalue weighted by Gasteiger charge is 2.41. The number of carboxylic acid groups (broad SMARTS) is 1. The molecule has 8 nitrogen and oxygen atoms in total. The van der Waals surface area contributed by atoms with E-state index in [9.17, 15) is 19.2 Å². The number of rotatable bonds is 4. The number of nitrogens with one attached hydrogen (secondary N) is 1. The molecule has 0 aliphatic carbocycles. The van der Waals surface area contributed by atoms with E-state index in [0.29, 0.717) is 16.9 Å². The summed E-state index contributed by atoms with van der Waals surface area (Å²) >= 11 is 0. The van der Waals surface area contributed by atoms with Crippen LogP contribution in [0.15, 0.2) is 18.2 Å². The van der Waals surface area contributed by atoms with Gasteiger partial charge >= 0.3 is 5.97 Å². The van der Waals surface area contributed by atoms with E-state index in [2.05, 4.69) is 5.32 Å². The number of fused-ring (bicyclic) bond motifs is 1. The molecule has 2 aliphatic rings. The summed E-state index contributed by atoms with van der Waals surface area (Å²) in [7, 11) is 0. The van der Waals surface area contributed by atoms with Gasteiger partial charge in [0.2, 0.25) is 11.8 Å². The van der Waals surface area contributed by atoms with E-state index in [1.165, 1.54) is 17.0 Å². The van der Waals surface area contributed by atoms with Gasteiger partial charge in [0.15, 0.2) is 6.61 Å². The molecule has 22 heavy (non-hydrogen) atoms. The van der Waals surface area contributed by atoms with Gasteiger partial charge in [0, 0.05) is 12.1 Å². The van der Waals surface area contributed by atoms with E-state index >= 15 is 0 Å². The topological polar surface area (TPSA) is 113 Å². The number of hydrogen-bond acceptors (Lipinski definition) is 5. The highest BCUT2D eigenvalue weighted by molar-refractivity contribution is 6.09. The number of benzene rings is 1. The number of amides is 3. The minimum Gasteiger partial charge on any atom is -0.482 e. The molecule has 114 valence electrons. The number of ether oxygens (including phenoxy) is 1. The van der Waals surface area contributed by atoms with Gasteiger partial charge < -0.3 is 14.7 Å². The normalized spacial score (nSPS) is 20.1. The molecule has 1 fully saturated rings. The first-order valence-electron chi connectivity index (χ1n) is 6.58. The maximum absolute atomic E-state index is 12.3. The molecule has 0 radical (unpaired) electrons. The smallest absolute Gasteiger partial charge is 0.341 e. The van der Waals surface area contributed by atoms with Crippen LogP contribution in [0.25, 0.3) is 0 Å². The van der Waals surface area contributed by atoms with Crippen molar-refractivity contribution in [3.05, 3.63) is 29.3 Å². The third-order valence-corrected chi connectivity index (χ3v) is 3.59. The van der Waals surface area contributed by atoms with Crippen molar-refractivity contribution in [2.45, 2.75) is 19.0 Å². The lowest BCUT2D eigenvalue weighted by Gasteiger charge is -2.20. The summed E-state index contributed by atoms with van der Waals surface area (Å²) in [5.41, 5.74) is 1.06. The van der Waals surface area contributed by atoms with Gasteiger partial charge in [0.1, 0.15) is 11.8 Å². The molecule has 0 spiro atoms. The van der Waals surface area contributed by atoms with Crippen molar-refractivity contribution in [1.82, 2.24) is 10.2 Å². The van der Waals surface area contributed by atoms with Gasteiger partial charge in [0.05, 0.1) is 6.42 Å². The number of imide groups is 1. The second-order valence-electron chi connectivity index (χ2n) is 5.07. The number of carbonyl (C=O) groups excluding carboxylic acids is 3. The van der Waals surface area contributed by atoms with E-state index in [1.807, 2.05) is 0 Å². The van der Waals surface area contributed by atoms with Crippen molar-refractivity contribution in [3.63, 3.8) is 0 Å². The van der Waals surface area contributed by atoms with Gasteiger partial charge in [-0.05, 0) is 23.8 Å². The van der Waals surface area contributed by atoms with Crippen LogP contribution in [0.3, 0.4) is 0 Å². The number of carboxylic acids is 1. The molecular weight excluding hydrogens is 292 g/mol. The lowest BCUT2D eigenvalue weighted by Crippen LogP contribution is -2.40. The van der Waals surface area contributed by atoms with Gasteiger partial charge in [-0.3, -0.25) is 19.7 Å². The van der Waals surface area contributed by atoms with Crippen LogP contribution in [-0.2, 0) is 20.9 Å². The Kier molecular flexibility index (Phi) is 3.28. The molecule has 1 aromatic carbocycles. The molecule has 2 N–H and O–H groups in total. The Morgan fingerprint density at radius 1 is 1.36 bits per heavy atom. The molecule has 1 saturated heterocycles. The molecule has 2 heterocycles. The minimum absolute atomic E-state index is 0.0407. The predicted octanol–water partition coefficient (Wildman–Crippen LogP) is -0.479. The average Bonchev–Trinajstić information content (AvgIpc) is 2.96. The number of carbonyl (C=O) groups is 4. The highest BCUT2D eigenvalue weighted by atomic mass is 16.5. The third kappa shape index (κ3) is 2.39. The van der Waals surface area contributed by atoms with Crippen molar-refractivity contribution in [3.8, 4) is 5.75 Å². The van der Waals surface area contributed by atoms with Crippen LogP contribution < -0.4 is 10.1 Å². The second kappa shape index (κ2) is 5.14. The zero-order valence-corrected chi connectivity index (χ0v) is 11.4. The summed E-state index contributed by atoms with van der Waals surface area (Å²) in [6.07, 6.45) is -0.0407. The third-order valence-electron chi connectivity index (χ3n) is 3.59. The Bertz CT molecular complexity index is 699. The average molecular weight is 304 g/mol. The SMILES string of the molecule is O=C(O)COc1ccc2c(c1)CN(C1CC(=O)NC1=O)C2=O. The summed E-state index contributed by atoms with van der Waals surface area (Å²) in [6.45, 7) is -0.292. The van der Waals surface area contributed by atoms with Crippen molar-refractivity contribution < 1.29 is 29.0 Å². The van der Waals surface area contributed by atoms with Crippen LogP contribution in [0.1, 0.15) is 22.3 Å². The standard InChI is InChI=1S/C14H12N2O6/c17-11-4-10(13(20)15-11)16-5-7-3-8(22-6-12(18)19)1-2-9(7)14(16)21/h1-3,10H,4-6H2,(H,18,19)(H,15,17,20). The van der Waals surface area contributed by atoms with E-state index in [4.69, 9.17) is 9.84 Å². The molecule has 1 unspecified atom stereocenters. The predicted molar refractivity (Wildman–Crippen MR) is 71.0 cm³/mol. The number of nitrogens with zero attached hydrogens (tertiary/aromatic N) is 1.